The normalized spacial score (nSPS) is 21.8. The van der Waals surface area contributed by atoms with Crippen molar-refractivity contribution in [2.24, 2.45) is 23.7 Å². The number of aromatic nitrogens is 4. The van der Waals surface area contributed by atoms with Gasteiger partial charge in [-0.1, -0.05) is 0 Å². The van der Waals surface area contributed by atoms with E-state index in [2.05, 4.69) is 32.1 Å². The average molecular weight is 706 g/mol. The maximum absolute atomic E-state index is 13.1. The molecule has 7 nitrogen and oxygen atoms in total. The molecule has 0 radical (unpaired) electrons. The Morgan fingerprint density at radius 2 is 0.940 bits per heavy atom. The summed E-state index contributed by atoms with van der Waals surface area (Å²) in [6.45, 7) is 0. The summed E-state index contributed by atoms with van der Waals surface area (Å²) in [5, 5.41) is 18.1. The van der Waals surface area contributed by atoms with Crippen molar-refractivity contribution in [3.8, 4) is 34.9 Å². The highest BCUT2D eigenvalue weighted by Gasteiger charge is 2.31. The topological polar surface area (TPSA) is 116 Å². The van der Waals surface area contributed by atoms with E-state index in [1.807, 2.05) is 49.1 Å². The first-order valence-electron chi connectivity index (χ1n) is 17.8. The number of alkyl halides is 2. The monoisotopic (exact) mass is 704 g/mol. The number of rotatable bonds is 12. The standard InChI is InChI=1S/C41H42Cl2N6O/c42-38(19-31-23-46-40(47-24-31)35-13-5-29(21-44)6-14-35)33-9-1-27(2-10-33)17-37(50)18-28-3-11-34(12-4-28)39(43)20-32-25-48-41(49-26-32)36-15-7-30(22-45)8-16-36/h5-8,13-16,23-28,33-34,38-39H,1-4,9-12,17-20H2/t27-,28?,33-,34?,38?,39?. The van der Waals surface area contributed by atoms with Crippen molar-refractivity contribution >= 4 is 29.0 Å². The van der Waals surface area contributed by atoms with E-state index in [1.165, 1.54) is 0 Å². The van der Waals surface area contributed by atoms with Gasteiger partial charge in [0.1, 0.15) is 5.78 Å². The lowest BCUT2D eigenvalue weighted by Crippen LogP contribution is -2.27. The molecule has 256 valence electrons. The Labute approximate surface area is 305 Å². The quantitative estimate of drug-likeness (QED) is 0.135. The van der Waals surface area contributed by atoms with Gasteiger partial charge < -0.3 is 0 Å². The largest absolute Gasteiger partial charge is 0.300 e. The fourth-order valence-electron chi connectivity index (χ4n) is 7.63. The molecule has 2 aliphatic rings. The Morgan fingerprint density at radius 3 is 1.26 bits per heavy atom. The zero-order valence-electron chi connectivity index (χ0n) is 28.2. The van der Waals surface area contributed by atoms with Crippen LogP contribution >= 0.6 is 23.2 Å². The summed E-state index contributed by atoms with van der Waals surface area (Å²) in [4.78, 5) is 31.2. The van der Waals surface area contributed by atoms with Crippen LogP contribution in [0.25, 0.3) is 22.8 Å². The molecule has 9 heteroatoms. The molecule has 2 aromatic heterocycles. The molecular formula is C41H42Cl2N6O. The van der Waals surface area contributed by atoms with Crippen LogP contribution < -0.4 is 0 Å². The van der Waals surface area contributed by atoms with E-state index in [4.69, 9.17) is 33.7 Å². The molecule has 6 rings (SSSR count). The molecule has 2 heterocycles. The number of halogens is 2. The molecule has 0 spiro atoms. The van der Waals surface area contributed by atoms with Crippen molar-refractivity contribution in [2.75, 3.05) is 0 Å². The van der Waals surface area contributed by atoms with Crippen molar-refractivity contribution < 1.29 is 4.79 Å². The number of hydrogen-bond donors (Lipinski definition) is 0. The Balaban J connectivity index is 0.873. The van der Waals surface area contributed by atoms with E-state index < -0.39 is 0 Å². The van der Waals surface area contributed by atoms with Gasteiger partial charge in [0.2, 0.25) is 0 Å². The maximum Gasteiger partial charge on any atom is 0.159 e. The van der Waals surface area contributed by atoms with Crippen LogP contribution in [0.15, 0.2) is 73.3 Å². The predicted octanol–water partition coefficient (Wildman–Crippen LogP) is 9.31. The molecule has 0 bridgehead atoms. The number of carbonyl (C=O) groups excluding carboxylic acids is 1. The highest BCUT2D eigenvalue weighted by molar-refractivity contribution is 6.21. The van der Waals surface area contributed by atoms with E-state index >= 15 is 0 Å². The van der Waals surface area contributed by atoms with Gasteiger partial charge in [0, 0.05) is 59.5 Å². The SMILES string of the molecule is N#Cc1ccc(-c2ncc(CC(Cl)C3CCC(CC(=O)C[C@H]4CC[C@H](C(Cl)Cc5cnc(-c6ccc(C#N)cc6)nc5)CC4)CC3)cn2)cc1. The van der Waals surface area contributed by atoms with Crippen LogP contribution in [0.4, 0.5) is 0 Å². The maximum atomic E-state index is 13.1. The third kappa shape index (κ3) is 9.53. The van der Waals surface area contributed by atoms with Gasteiger partial charge in [0.15, 0.2) is 11.6 Å². The lowest BCUT2D eigenvalue weighted by molar-refractivity contribution is -0.121. The van der Waals surface area contributed by atoms with Gasteiger partial charge in [-0.2, -0.15) is 10.5 Å². The fraction of sp³-hybridized carbons (Fsp3) is 0.439. The molecular weight excluding hydrogens is 663 g/mol. The predicted molar refractivity (Wildman–Crippen MR) is 196 cm³/mol. The van der Waals surface area contributed by atoms with Gasteiger partial charge in [-0.25, -0.2) is 19.9 Å². The number of nitrogens with zero attached hydrogens (tertiary/aromatic N) is 6. The molecule has 0 N–H and O–H groups in total. The van der Waals surface area contributed by atoms with Gasteiger partial charge in [-0.05, 0) is 148 Å². The summed E-state index contributed by atoms with van der Waals surface area (Å²) in [5.41, 5.74) is 5.05. The number of nitriles is 2. The smallest absolute Gasteiger partial charge is 0.159 e. The van der Waals surface area contributed by atoms with Gasteiger partial charge in [0.05, 0.1) is 23.3 Å². The van der Waals surface area contributed by atoms with Crippen LogP contribution in [-0.2, 0) is 17.6 Å². The summed E-state index contributed by atoms with van der Waals surface area (Å²) < 4.78 is 0. The molecule has 0 aliphatic heterocycles. The minimum Gasteiger partial charge on any atom is -0.300 e. The number of Topliss-reactive ketones (excluding diaryl/α,β-unsaturated/α-hetero) is 1. The van der Waals surface area contributed by atoms with Crippen molar-refractivity contribution in [3.63, 3.8) is 0 Å². The average Bonchev–Trinajstić information content (AvgIpc) is 3.16. The first kappa shape index (κ1) is 35.6. The van der Waals surface area contributed by atoms with Crippen molar-refractivity contribution in [3.05, 3.63) is 95.6 Å². The summed E-state index contributed by atoms with van der Waals surface area (Å²) >= 11 is 13.8. The fourth-order valence-corrected chi connectivity index (χ4v) is 8.49. The zero-order chi connectivity index (χ0) is 34.9. The molecule has 2 unspecified atom stereocenters. The zero-order valence-corrected chi connectivity index (χ0v) is 29.7. The Hall–Kier alpha value is -4.17. The second-order valence-electron chi connectivity index (χ2n) is 14.2. The van der Waals surface area contributed by atoms with E-state index in [9.17, 15) is 4.79 Å². The van der Waals surface area contributed by atoms with Crippen LogP contribution in [0.1, 0.15) is 86.5 Å². The number of ketones is 1. The van der Waals surface area contributed by atoms with E-state index in [-0.39, 0.29) is 10.8 Å². The lowest BCUT2D eigenvalue weighted by atomic mass is 9.75. The summed E-state index contributed by atoms with van der Waals surface area (Å²) in [7, 11) is 0. The second kappa shape index (κ2) is 17.2. The molecule has 4 aromatic rings. The van der Waals surface area contributed by atoms with E-state index in [0.717, 1.165) is 86.5 Å². The van der Waals surface area contributed by atoms with Crippen LogP contribution in [0.5, 0.6) is 0 Å². The Morgan fingerprint density at radius 1 is 0.600 bits per heavy atom. The number of carbonyl (C=O) groups is 1. The summed E-state index contributed by atoms with van der Waals surface area (Å²) in [6, 6.07) is 18.8. The van der Waals surface area contributed by atoms with Crippen LogP contribution in [0.3, 0.4) is 0 Å². The lowest BCUT2D eigenvalue weighted by Gasteiger charge is -2.32. The number of hydrogen-bond acceptors (Lipinski definition) is 7. The molecule has 2 aromatic carbocycles. The summed E-state index contributed by atoms with van der Waals surface area (Å²) in [6.07, 6.45) is 18.8. The van der Waals surface area contributed by atoms with Gasteiger partial charge in [-0.15, -0.1) is 23.2 Å². The molecule has 50 heavy (non-hydrogen) atoms. The molecule has 2 aliphatic carbocycles. The first-order chi connectivity index (χ1) is 24.4. The third-order valence-corrected chi connectivity index (χ3v) is 11.7. The Kier molecular flexibility index (Phi) is 12.2. The van der Waals surface area contributed by atoms with Crippen molar-refractivity contribution in [1.29, 1.82) is 10.5 Å². The van der Waals surface area contributed by atoms with Crippen molar-refractivity contribution in [2.45, 2.75) is 87.8 Å². The Bertz CT molecular complexity index is 1650. The van der Waals surface area contributed by atoms with Crippen LogP contribution in [0.2, 0.25) is 0 Å². The molecule has 0 amide bonds. The van der Waals surface area contributed by atoms with Gasteiger partial charge in [-0.3, -0.25) is 4.79 Å². The summed E-state index contributed by atoms with van der Waals surface area (Å²) in [5.74, 6) is 3.50. The number of benzene rings is 2. The highest BCUT2D eigenvalue weighted by atomic mass is 35.5. The van der Waals surface area contributed by atoms with Crippen molar-refractivity contribution in [1.82, 2.24) is 19.9 Å². The van der Waals surface area contributed by atoms with Gasteiger partial charge >= 0.3 is 0 Å². The second-order valence-corrected chi connectivity index (χ2v) is 15.3. The molecule has 0 saturated heterocycles. The molecule has 2 fully saturated rings. The minimum absolute atomic E-state index is 0.0257. The molecule has 2 saturated carbocycles. The third-order valence-electron chi connectivity index (χ3n) is 10.7. The highest BCUT2D eigenvalue weighted by Crippen LogP contribution is 2.38. The van der Waals surface area contributed by atoms with Gasteiger partial charge in [0.25, 0.3) is 0 Å². The van der Waals surface area contributed by atoms with E-state index in [1.54, 1.807) is 24.3 Å². The minimum atomic E-state index is 0.0257. The van der Waals surface area contributed by atoms with Crippen LogP contribution in [-0.4, -0.2) is 36.5 Å². The molecule has 2 atom stereocenters. The van der Waals surface area contributed by atoms with E-state index in [0.29, 0.717) is 65.1 Å². The first-order valence-corrected chi connectivity index (χ1v) is 18.7. The van der Waals surface area contributed by atoms with Crippen LogP contribution in [0, 0.1) is 46.3 Å².